The Morgan fingerprint density at radius 1 is 1.45 bits per heavy atom. The van der Waals surface area contributed by atoms with Crippen LogP contribution in [0.1, 0.15) is 30.1 Å². The van der Waals surface area contributed by atoms with E-state index < -0.39 is 27.9 Å². The summed E-state index contributed by atoms with van der Waals surface area (Å²) in [5, 5.41) is 14.5. The Balaban J connectivity index is 2.20. The third-order valence-electron chi connectivity index (χ3n) is 3.50. The molecule has 0 unspecified atom stereocenters. The first-order valence-corrected chi connectivity index (χ1v) is 8.25. The normalized spacial score (nSPS) is 17.3. The van der Waals surface area contributed by atoms with Crippen molar-refractivity contribution in [2.24, 2.45) is 5.92 Å². The quantitative estimate of drug-likeness (QED) is 0.730. The summed E-state index contributed by atoms with van der Waals surface area (Å²) in [6.07, 6.45) is 1.57. The minimum absolute atomic E-state index is 0.0839. The fraction of sp³-hybridized carbons (Fsp3) is 0.583. The number of carbonyl (C=O) groups is 2. The number of hydrogen-bond acceptors (Lipinski definition) is 6. The summed E-state index contributed by atoms with van der Waals surface area (Å²) in [5.41, 5.74) is -0.151. The van der Waals surface area contributed by atoms with E-state index in [0.29, 0.717) is 0 Å². The van der Waals surface area contributed by atoms with Gasteiger partial charge in [0.1, 0.15) is 5.56 Å². The standard InChI is InChI=1S/C12H17N3O6S/c1-2-21-12(18)9-7-13-14-10(9)22(19,20)15-5-3-8(4-6-15)11(16)17/h7-8H,2-6H2,1H3,(H,13,14)(H,16,17). The summed E-state index contributed by atoms with van der Waals surface area (Å²) in [5.74, 6) is -2.24. The summed E-state index contributed by atoms with van der Waals surface area (Å²) in [6.45, 7) is 1.90. The van der Waals surface area contributed by atoms with Crippen LogP contribution in [0.25, 0.3) is 0 Å². The largest absolute Gasteiger partial charge is 0.481 e. The molecule has 22 heavy (non-hydrogen) atoms. The number of nitrogens with one attached hydrogen (secondary N) is 1. The monoisotopic (exact) mass is 331 g/mol. The number of carboxylic acids is 1. The van der Waals surface area contributed by atoms with Crippen molar-refractivity contribution in [3.8, 4) is 0 Å². The van der Waals surface area contributed by atoms with Gasteiger partial charge in [0, 0.05) is 13.1 Å². The number of esters is 1. The lowest BCUT2D eigenvalue weighted by atomic mass is 9.99. The lowest BCUT2D eigenvalue weighted by Gasteiger charge is -2.28. The van der Waals surface area contributed by atoms with Crippen molar-refractivity contribution in [2.45, 2.75) is 24.8 Å². The summed E-state index contributed by atoms with van der Waals surface area (Å²) in [7, 11) is -3.94. The molecule has 1 aromatic rings. The van der Waals surface area contributed by atoms with Crippen molar-refractivity contribution in [1.82, 2.24) is 14.5 Å². The van der Waals surface area contributed by atoms with Gasteiger partial charge in [0.05, 0.1) is 18.7 Å². The average molecular weight is 331 g/mol. The molecule has 0 saturated carbocycles. The van der Waals surface area contributed by atoms with Crippen LogP contribution in [0.5, 0.6) is 0 Å². The van der Waals surface area contributed by atoms with E-state index >= 15 is 0 Å². The Morgan fingerprint density at radius 3 is 2.64 bits per heavy atom. The molecule has 1 aliphatic rings. The maximum Gasteiger partial charge on any atom is 0.342 e. The van der Waals surface area contributed by atoms with Gasteiger partial charge in [0.2, 0.25) is 0 Å². The van der Waals surface area contributed by atoms with Crippen molar-refractivity contribution in [3.05, 3.63) is 11.8 Å². The molecule has 9 nitrogen and oxygen atoms in total. The van der Waals surface area contributed by atoms with Crippen molar-refractivity contribution >= 4 is 22.0 Å². The van der Waals surface area contributed by atoms with Gasteiger partial charge in [-0.25, -0.2) is 13.2 Å². The average Bonchev–Trinajstić information content (AvgIpc) is 2.98. The van der Waals surface area contributed by atoms with Crippen LogP contribution in [0.3, 0.4) is 0 Å². The topological polar surface area (TPSA) is 130 Å². The summed E-state index contributed by atoms with van der Waals surface area (Å²) >= 11 is 0. The van der Waals surface area contributed by atoms with Crippen molar-refractivity contribution < 1.29 is 27.9 Å². The van der Waals surface area contributed by atoms with E-state index in [0.717, 1.165) is 10.5 Å². The van der Waals surface area contributed by atoms with E-state index in [4.69, 9.17) is 9.84 Å². The van der Waals surface area contributed by atoms with Gasteiger partial charge in [0.25, 0.3) is 10.0 Å². The molecule has 0 aliphatic carbocycles. The molecule has 2 heterocycles. The number of carbonyl (C=O) groups excluding carboxylic acids is 1. The van der Waals surface area contributed by atoms with Crippen LogP contribution in [-0.4, -0.2) is 59.7 Å². The molecule has 0 amide bonds. The van der Waals surface area contributed by atoms with E-state index in [9.17, 15) is 18.0 Å². The number of aromatic nitrogens is 2. The Morgan fingerprint density at radius 2 is 2.09 bits per heavy atom. The highest BCUT2D eigenvalue weighted by molar-refractivity contribution is 7.89. The van der Waals surface area contributed by atoms with Crippen LogP contribution in [0.4, 0.5) is 0 Å². The fourth-order valence-electron chi connectivity index (χ4n) is 2.30. The summed E-state index contributed by atoms with van der Waals surface area (Å²) in [4.78, 5) is 22.7. The number of piperidine rings is 1. The maximum absolute atomic E-state index is 12.6. The summed E-state index contributed by atoms with van der Waals surface area (Å²) < 4.78 is 31.1. The van der Waals surface area contributed by atoms with Gasteiger partial charge in [0.15, 0.2) is 5.03 Å². The first-order valence-electron chi connectivity index (χ1n) is 6.81. The molecule has 1 saturated heterocycles. The number of ether oxygens (including phenoxy) is 1. The predicted molar refractivity (Wildman–Crippen MR) is 73.7 cm³/mol. The van der Waals surface area contributed by atoms with Crippen LogP contribution in [0, 0.1) is 5.92 Å². The number of rotatable bonds is 5. The first-order chi connectivity index (χ1) is 10.4. The van der Waals surface area contributed by atoms with Gasteiger partial charge in [-0.1, -0.05) is 0 Å². The van der Waals surface area contributed by atoms with Crippen molar-refractivity contribution in [1.29, 1.82) is 0 Å². The number of H-pyrrole nitrogens is 1. The fourth-order valence-corrected chi connectivity index (χ4v) is 3.83. The number of nitrogens with zero attached hydrogens (tertiary/aromatic N) is 2. The number of hydrogen-bond donors (Lipinski definition) is 2. The second kappa shape index (κ2) is 6.44. The van der Waals surface area contributed by atoms with E-state index in [2.05, 4.69) is 10.2 Å². The molecule has 0 aromatic carbocycles. The second-order valence-electron chi connectivity index (χ2n) is 4.85. The van der Waals surface area contributed by atoms with Crippen molar-refractivity contribution in [2.75, 3.05) is 19.7 Å². The van der Waals surface area contributed by atoms with Crippen LogP contribution >= 0.6 is 0 Å². The number of aromatic amines is 1. The molecule has 0 spiro atoms. The molecule has 2 N–H and O–H groups in total. The third-order valence-corrected chi connectivity index (χ3v) is 5.37. The van der Waals surface area contributed by atoms with Gasteiger partial charge >= 0.3 is 11.9 Å². The smallest absolute Gasteiger partial charge is 0.342 e. The molecule has 10 heteroatoms. The second-order valence-corrected chi connectivity index (χ2v) is 6.72. The Labute approximate surface area is 127 Å². The van der Waals surface area contributed by atoms with Gasteiger partial charge in [-0.2, -0.15) is 9.40 Å². The molecule has 1 aliphatic heterocycles. The van der Waals surface area contributed by atoms with Crippen LogP contribution < -0.4 is 0 Å². The lowest BCUT2D eigenvalue weighted by molar-refractivity contribution is -0.142. The number of carboxylic acid groups (broad SMARTS) is 1. The zero-order valence-corrected chi connectivity index (χ0v) is 12.8. The minimum atomic E-state index is -3.94. The van der Waals surface area contributed by atoms with Gasteiger partial charge < -0.3 is 9.84 Å². The van der Waals surface area contributed by atoms with Gasteiger partial charge in [-0.3, -0.25) is 9.89 Å². The predicted octanol–water partition coefficient (Wildman–Crippen LogP) is 0.0717. The number of aliphatic carboxylic acids is 1. The molecular weight excluding hydrogens is 314 g/mol. The number of sulfonamides is 1. The van der Waals surface area contributed by atoms with Gasteiger partial charge in [-0.15, -0.1) is 0 Å². The van der Waals surface area contributed by atoms with Gasteiger partial charge in [-0.05, 0) is 19.8 Å². The van der Waals surface area contributed by atoms with E-state index in [1.165, 1.54) is 0 Å². The molecule has 2 rings (SSSR count). The molecule has 122 valence electrons. The SMILES string of the molecule is CCOC(=O)c1cn[nH]c1S(=O)(=O)N1CCC(C(=O)O)CC1. The van der Waals surface area contributed by atoms with Crippen molar-refractivity contribution in [3.63, 3.8) is 0 Å². The molecule has 0 atom stereocenters. The lowest BCUT2D eigenvalue weighted by Crippen LogP contribution is -2.40. The molecule has 0 radical (unpaired) electrons. The molecule has 0 bridgehead atoms. The summed E-state index contributed by atoms with van der Waals surface area (Å²) in [6, 6.07) is 0. The Kier molecular flexibility index (Phi) is 4.81. The van der Waals surface area contributed by atoms with E-state index in [1.807, 2.05) is 0 Å². The zero-order chi connectivity index (χ0) is 16.3. The Bertz CT molecular complexity index is 660. The molecule has 1 aromatic heterocycles. The minimum Gasteiger partial charge on any atom is -0.481 e. The highest BCUT2D eigenvalue weighted by atomic mass is 32.2. The zero-order valence-electron chi connectivity index (χ0n) is 12.0. The maximum atomic E-state index is 12.6. The highest BCUT2D eigenvalue weighted by Gasteiger charge is 2.35. The van der Waals surface area contributed by atoms with E-state index in [1.54, 1.807) is 6.92 Å². The Hall–Kier alpha value is -1.94. The molecular formula is C12H17N3O6S. The third kappa shape index (κ3) is 3.12. The van der Waals surface area contributed by atoms with E-state index in [-0.39, 0.29) is 43.1 Å². The van der Waals surface area contributed by atoms with Crippen LogP contribution in [-0.2, 0) is 19.6 Å². The highest BCUT2D eigenvalue weighted by Crippen LogP contribution is 2.25. The molecule has 1 fully saturated rings. The van der Waals surface area contributed by atoms with Crippen LogP contribution in [0.2, 0.25) is 0 Å². The first kappa shape index (κ1) is 16.4. The van der Waals surface area contributed by atoms with Crippen LogP contribution in [0.15, 0.2) is 11.2 Å².